The number of rotatable bonds is 1. The second-order valence-corrected chi connectivity index (χ2v) is 6.39. The van der Waals surface area contributed by atoms with Gasteiger partial charge in [0.1, 0.15) is 5.41 Å². The molecular formula is C15H23N3O3. The van der Waals surface area contributed by atoms with Gasteiger partial charge in [-0.1, -0.05) is 32.1 Å². The van der Waals surface area contributed by atoms with Crippen molar-refractivity contribution in [3.63, 3.8) is 0 Å². The summed E-state index contributed by atoms with van der Waals surface area (Å²) in [7, 11) is 0. The molecule has 0 aromatic carbocycles. The molecule has 3 fully saturated rings. The number of carbonyl (C=O) groups excluding carboxylic acids is 3. The average molecular weight is 293 g/mol. The predicted molar refractivity (Wildman–Crippen MR) is 75.9 cm³/mol. The van der Waals surface area contributed by atoms with Gasteiger partial charge in [-0.3, -0.25) is 14.9 Å². The summed E-state index contributed by atoms with van der Waals surface area (Å²) in [4.78, 5) is 37.5. The SMILES string of the molecule is O=C1NC(=O)C2(CCCCCC2)C(=O)N1N1CCCCC1. The lowest BCUT2D eigenvalue weighted by atomic mass is 9.77. The Morgan fingerprint density at radius 1 is 0.810 bits per heavy atom. The van der Waals surface area contributed by atoms with Crippen molar-refractivity contribution < 1.29 is 14.4 Å². The molecule has 4 amide bonds. The highest BCUT2D eigenvalue weighted by Gasteiger charge is 2.54. The van der Waals surface area contributed by atoms with E-state index in [4.69, 9.17) is 0 Å². The van der Waals surface area contributed by atoms with Crippen molar-refractivity contribution >= 4 is 17.8 Å². The van der Waals surface area contributed by atoms with Crippen LogP contribution in [0.5, 0.6) is 0 Å². The summed E-state index contributed by atoms with van der Waals surface area (Å²) < 4.78 is 0. The fourth-order valence-corrected chi connectivity index (χ4v) is 3.77. The quantitative estimate of drug-likeness (QED) is 0.749. The average Bonchev–Trinajstić information content (AvgIpc) is 2.74. The molecule has 1 N–H and O–H groups in total. The minimum absolute atomic E-state index is 0.292. The van der Waals surface area contributed by atoms with Crippen LogP contribution in [0.1, 0.15) is 57.8 Å². The zero-order valence-electron chi connectivity index (χ0n) is 12.4. The maximum Gasteiger partial charge on any atom is 0.345 e. The normalized spacial score (nSPS) is 27.6. The summed E-state index contributed by atoms with van der Waals surface area (Å²) in [5, 5.41) is 5.48. The fourth-order valence-electron chi connectivity index (χ4n) is 3.77. The van der Waals surface area contributed by atoms with E-state index in [0.29, 0.717) is 25.9 Å². The van der Waals surface area contributed by atoms with Gasteiger partial charge in [0.05, 0.1) is 0 Å². The van der Waals surface area contributed by atoms with Crippen molar-refractivity contribution in [3.8, 4) is 0 Å². The first kappa shape index (κ1) is 14.5. The Kier molecular flexibility index (Phi) is 3.97. The summed E-state index contributed by atoms with van der Waals surface area (Å²) in [6.45, 7) is 1.42. The van der Waals surface area contributed by atoms with E-state index in [2.05, 4.69) is 5.32 Å². The van der Waals surface area contributed by atoms with E-state index in [9.17, 15) is 14.4 Å². The Bertz CT molecular complexity index is 449. The standard InChI is InChI=1S/C15H23N3O3/c19-12-15(8-4-1-2-5-9-15)13(20)18(14(21)16-12)17-10-6-3-7-11-17/h1-11H2,(H,16,19,21). The fraction of sp³-hybridized carbons (Fsp3) is 0.800. The number of carbonyl (C=O) groups is 3. The van der Waals surface area contributed by atoms with Crippen molar-refractivity contribution in [1.29, 1.82) is 0 Å². The molecule has 0 unspecified atom stereocenters. The van der Waals surface area contributed by atoms with Gasteiger partial charge in [-0.05, 0) is 25.7 Å². The van der Waals surface area contributed by atoms with Crippen molar-refractivity contribution in [2.75, 3.05) is 13.1 Å². The van der Waals surface area contributed by atoms with E-state index >= 15 is 0 Å². The van der Waals surface area contributed by atoms with Crippen LogP contribution in [0.15, 0.2) is 0 Å². The van der Waals surface area contributed by atoms with Crippen molar-refractivity contribution in [1.82, 2.24) is 15.3 Å². The zero-order chi connectivity index (χ0) is 14.9. The van der Waals surface area contributed by atoms with Gasteiger partial charge >= 0.3 is 6.03 Å². The van der Waals surface area contributed by atoms with E-state index in [1.807, 2.05) is 5.01 Å². The molecule has 6 heteroatoms. The summed E-state index contributed by atoms with van der Waals surface area (Å²) in [5.41, 5.74) is -1.01. The van der Waals surface area contributed by atoms with Crippen molar-refractivity contribution in [2.45, 2.75) is 57.8 Å². The molecule has 6 nitrogen and oxygen atoms in total. The molecule has 2 aliphatic heterocycles. The van der Waals surface area contributed by atoms with E-state index in [0.717, 1.165) is 44.9 Å². The number of nitrogens with one attached hydrogen (secondary N) is 1. The first-order valence-corrected chi connectivity index (χ1v) is 8.10. The van der Waals surface area contributed by atoms with Gasteiger partial charge in [-0.15, -0.1) is 0 Å². The van der Waals surface area contributed by atoms with Gasteiger partial charge in [0.15, 0.2) is 0 Å². The Balaban J connectivity index is 1.88. The highest BCUT2D eigenvalue weighted by atomic mass is 16.2. The largest absolute Gasteiger partial charge is 0.345 e. The number of nitrogens with zero attached hydrogens (tertiary/aromatic N) is 2. The zero-order valence-corrected chi connectivity index (χ0v) is 12.4. The lowest BCUT2D eigenvalue weighted by Gasteiger charge is -2.44. The topological polar surface area (TPSA) is 69.7 Å². The highest BCUT2D eigenvalue weighted by molar-refractivity contribution is 6.18. The molecule has 0 atom stereocenters. The minimum atomic E-state index is -1.01. The lowest BCUT2D eigenvalue weighted by Crippen LogP contribution is -2.68. The molecule has 3 aliphatic rings. The molecule has 2 heterocycles. The van der Waals surface area contributed by atoms with Gasteiger partial charge < -0.3 is 0 Å². The Morgan fingerprint density at radius 3 is 2.00 bits per heavy atom. The van der Waals surface area contributed by atoms with Crippen LogP contribution in [0.2, 0.25) is 0 Å². The van der Waals surface area contributed by atoms with Crippen molar-refractivity contribution in [3.05, 3.63) is 0 Å². The van der Waals surface area contributed by atoms with Gasteiger partial charge in [-0.25, -0.2) is 9.80 Å². The number of hydrazine groups is 1. The number of imide groups is 2. The van der Waals surface area contributed by atoms with Crippen LogP contribution in [-0.2, 0) is 9.59 Å². The molecule has 2 saturated heterocycles. The minimum Gasteiger partial charge on any atom is -0.275 e. The first-order chi connectivity index (χ1) is 10.1. The lowest BCUT2D eigenvalue weighted by molar-refractivity contribution is -0.165. The predicted octanol–water partition coefficient (Wildman–Crippen LogP) is 1.81. The third-order valence-electron chi connectivity index (χ3n) is 5.02. The molecule has 3 rings (SSSR count). The number of piperidine rings is 1. The summed E-state index contributed by atoms with van der Waals surface area (Å²) in [5.74, 6) is -0.673. The molecule has 21 heavy (non-hydrogen) atoms. The van der Waals surface area contributed by atoms with Crippen LogP contribution in [0.4, 0.5) is 4.79 Å². The number of hydrogen-bond donors (Lipinski definition) is 1. The number of barbiturate groups is 1. The number of urea groups is 1. The van der Waals surface area contributed by atoms with Gasteiger partial charge in [0.2, 0.25) is 5.91 Å². The molecule has 1 spiro atoms. The van der Waals surface area contributed by atoms with Gasteiger partial charge in [0.25, 0.3) is 5.91 Å². The van der Waals surface area contributed by atoms with Gasteiger partial charge in [0, 0.05) is 13.1 Å². The molecule has 0 aromatic heterocycles. The Morgan fingerprint density at radius 2 is 1.38 bits per heavy atom. The van der Waals surface area contributed by atoms with E-state index in [1.54, 1.807) is 0 Å². The van der Waals surface area contributed by atoms with Crippen LogP contribution in [0.25, 0.3) is 0 Å². The molecule has 1 aliphatic carbocycles. The maximum atomic E-state index is 13.0. The summed E-state index contributed by atoms with van der Waals surface area (Å²) >= 11 is 0. The van der Waals surface area contributed by atoms with E-state index in [1.165, 1.54) is 5.01 Å². The first-order valence-electron chi connectivity index (χ1n) is 8.10. The Hall–Kier alpha value is -1.43. The second-order valence-electron chi connectivity index (χ2n) is 6.39. The number of amides is 4. The van der Waals surface area contributed by atoms with Crippen LogP contribution in [-0.4, -0.2) is 41.0 Å². The van der Waals surface area contributed by atoms with Crippen LogP contribution in [0, 0.1) is 5.41 Å². The Labute approximate surface area is 124 Å². The molecular weight excluding hydrogens is 270 g/mol. The molecule has 1 saturated carbocycles. The summed E-state index contributed by atoms with van der Waals surface area (Å²) in [6, 6.07) is -0.568. The van der Waals surface area contributed by atoms with E-state index in [-0.39, 0.29) is 11.8 Å². The number of hydrogen-bond acceptors (Lipinski definition) is 4. The van der Waals surface area contributed by atoms with Gasteiger partial charge in [-0.2, -0.15) is 5.01 Å². The van der Waals surface area contributed by atoms with Crippen LogP contribution in [0.3, 0.4) is 0 Å². The third-order valence-corrected chi connectivity index (χ3v) is 5.02. The monoisotopic (exact) mass is 293 g/mol. The molecule has 0 radical (unpaired) electrons. The smallest absolute Gasteiger partial charge is 0.275 e. The van der Waals surface area contributed by atoms with Crippen molar-refractivity contribution in [2.24, 2.45) is 5.41 Å². The maximum absolute atomic E-state index is 13.0. The summed E-state index contributed by atoms with van der Waals surface area (Å²) in [6.07, 6.45) is 8.09. The molecule has 0 aromatic rings. The molecule has 116 valence electrons. The van der Waals surface area contributed by atoms with Crippen LogP contribution >= 0.6 is 0 Å². The van der Waals surface area contributed by atoms with E-state index < -0.39 is 11.4 Å². The second kappa shape index (κ2) is 5.75. The highest BCUT2D eigenvalue weighted by Crippen LogP contribution is 2.39. The third kappa shape index (κ3) is 2.46. The van der Waals surface area contributed by atoms with Crippen LogP contribution < -0.4 is 5.32 Å². The molecule has 0 bridgehead atoms.